The van der Waals surface area contributed by atoms with Crippen LogP contribution in [0.5, 0.6) is 17.2 Å². The molecule has 2 aromatic rings. The lowest BCUT2D eigenvalue weighted by atomic mass is 10.1. The van der Waals surface area contributed by atoms with Gasteiger partial charge in [-0.15, -0.1) is 0 Å². The summed E-state index contributed by atoms with van der Waals surface area (Å²) in [5.74, 6) is 0.657. The molecule has 2 aromatic carbocycles. The van der Waals surface area contributed by atoms with Crippen molar-refractivity contribution >= 4 is 27.7 Å². The molecular formula is C20H21BrN2O5. The van der Waals surface area contributed by atoms with Gasteiger partial charge in [0, 0.05) is 28.7 Å². The second kappa shape index (κ2) is 8.52. The summed E-state index contributed by atoms with van der Waals surface area (Å²) in [7, 11) is 4.48. The van der Waals surface area contributed by atoms with Crippen LogP contribution in [0, 0.1) is 0 Å². The van der Waals surface area contributed by atoms with E-state index < -0.39 is 0 Å². The quantitative estimate of drug-likeness (QED) is 0.701. The van der Waals surface area contributed by atoms with E-state index in [1.165, 1.54) is 31.3 Å². The molecule has 0 bridgehead atoms. The van der Waals surface area contributed by atoms with E-state index in [4.69, 9.17) is 14.2 Å². The first-order valence-electron chi connectivity index (χ1n) is 8.69. The van der Waals surface area contributed by atoms with Crippen LogP contribution in [0.25, 0.3) is 0 Å². The second-order valence-corrected chi connectivity index (χ2v) is 7.05. The van der Waals surface area contributed by atoms with E-state index in [-0.39, 0.29) is 11.8 Å². The topological polar surface area (TPSA) is 68.3 Å². The predicted octanol–water partition coefficient (Wildman–Crippen LogP) is 3.38. The highest BCUT2D eigenvalue weighted by Gasteiger charge is 2.33. The minimum Gasteiger partial charge on any atom is -0.493 e. The van der Waals surface area contributed by atoms with Crippen molar-refractivity contribution in [1.82, 2.24) is 10.0 Å². The maximum absolute atomic E-state index is 13.2. The standard InChI is InChI=1S/C20H21BrN2O5/c1-26-16-11-14(12-17(27-2)18(16)28-3)20(25)23-10-4-9-22(23)19(24)13-5-7-15(21)8-6-13/h5-8,11-12H,4,9-10H2,1-3H3. The molecule has 8 heteroatoms. The van der Waals surface area contributed by atoms with E-state index in [1.807, 2.05) is 0 Å². The molecule has 0 spiro atoms. The van der Waals surface area contributed by atoms with Crippen LogP contribution in [-0.2, 0) is 0 Å². The van der Waals surface area contributed by atoms with Gasteiger partial charge in [-0.2, -0.15) is 0 Å². The smallest absolute Gasteiger partial charge is 0.272 e. The van der Waals surface area contributed by atoms with Gasteiger partial charge in [0.1, 0.15) is 0 Å². The van der Waals surface area contributed by atoms with Gasteiger partial charge >= 0.3 is 0 Å². The molecule has 1 aliphatic rings. The fraction of sp³-hybridized carbons (Fsp3) is 0.300. The van der Waals surface area contributed by atoms with Crippen molar-refractivity contribution in [2.75, 3.05) is 34.4 Å². The number of carbonyl (C=O) groups is 2. The number of hydrogen-bond donors (Lipinski definition) is 0. The average molecular weight is 449 g/mol. The molecule has 0 aliphatic carbocycles. The highest BCUT2D eigenvalue weighted by Crippen LogP contribution is 2.38. The molecule has 1 heterocycles. The maximum Gasteiger partial charge on any atom is 0.272 e. The molecule has 0 aromatic heterocycles. The third-order valence-corrected chi connectivity index (χ3v) is 5.03. The van der Waals surface area contributed by atoms with Gasteiger partial charge in [-0.1, -0.05) is 15.9 Å². The zero-order chi connectivity index (χ0) is 20.3. The number of hydrogen-bond acceptors (Lipinski definition) is 5. The first-order valence-corrected chi connectivity index (χ1v) is 9.48. The van der Waals surface area contributed by atoms with Crippen LogP contribution in [0.4, 0.5) is 0 Å². The summed E-state index contributed by atoms with van der Waals surface area (Å²) in [6, 6.07) is 10.2. The number of ether oxygens (including phenoxy) is 3. The van der Waals surface area contributed by atoms with Gasteiger partial charge < -0.3 is 14.2 Å². The molecule has 0 saturated carbocycles. The van der Waals surface area contributed by atoms with Crippen LogP contribution in [0.3, 0.4) is 0 Å². The maximum atomic E-state index is 13.2. The minimum absolute atomic E-state index is 0.217. The Kier molecular flexibility index (Phi) is 6.08. The highest BCUT2D eigenvalue weighted by molar-refractivity contribution is 9.10. The van der Waals surface area contributed by atoms with Gasteiger partial charge in [0.25, 0.3) is 11.8 Å². The highest BCUT2D eigenvalue weighted by atomic mass is 79.9. The number of hydrazine groups is 1. The molecule has 0 unspecified atom stereocenters. The Morgan fingerprint density at radius 3 is 1.79 bits per heavy atom. The SMILES string of the molecule is COc1cc(C(=O)N2CCCN2C(=O)c2ccc(Br)cc2)cc(OC)c1OC. The fourth-order valence-corrected chi connectivity index (χ4v) is 3.39. The lowest BCUT2D eigenvalue weighted by molar-refractivity contribution is 0.0186. The van der Waals surface area contributed by atoms with Gasteiger partial charge in [0.05, 0.1) is 21.3 Å². The molecule has 1 fully saturated rings. The Morgan fingerprint density at radius 1 is 0.821 bits per heavy atom. The molecule has 3 rings (SSSR count). The number of amides is 2. The van der Waals surface area contributed by atoms with Crippen molar-refractivity contribution in [3.05, 3.63) is 52.0 Å². The van der Waals surface area contributed by atoms with E-state index in [0.717, 1.165) is 4.47 Å². The molecule has 7 nitrogen and oxygen atoms in total. The van der Waals surface area contributed by atoms with Crippen LogP contribution in [-0.4, -0.2) is 56.3 Å². The molecule has 1 saturated heterocycles. The van der Waals surface area contributed by atoms with E-state index in [1.54, 1.807) is 36.4 Å². The van der Waals surface area contributed by atoms with Gasteiger partial charge in [-0.05, 0) is 42.8 Å². The lowest BCUT2D eigenvalue weighted by Crippen LogP contribution is -2.44. The Hall–Kier alpha value is -2.74. The van der Waals surface area contributed by atoms with Crippen LogP contribution in [0.1, 0.15) is 27.1 Å². The van der Waals surface area contributed by atoms with Gasteiger partial charge in [-0.25, -0.2) is 10.0 Å². The van der Waals surface area contributed by atoms with Gasteiger partial charge in [-0.3, -0.25) is 9.59 Å². The molecule has 0 atom stereocenters. The second-order valence-electron chi connectivity index (χ2n) is 6.13. The number of methoxy groups -OCH3 is 3. The number of benzene rings is 2. The number of halogens is 1. The van der Waals surface area contributed by atoms with Gasteiger partial charge in [0.15, 0.2) is 11.5 Å². The largest absolute Gasteiger partial charge is 0.493 e. The van der Waals surface area contributed by atoms with Crippen molar-refractivity contribution < 1.29 is 23.8 Å². The summed E-state index contributed by atoms with van der Waals surface area (Å²) < 4.78 is 16.8. The van der Waals surface area contributed by atoms with E-state index in [9.17, 15) is 9.59 Å². The third-order valence-electron chi connectivity index (χ3n) is 4.50. The third kappa shape index (κ3) is 3.77. The van der Waals surface area contributed by atoms with E-state index in [2.05, 4.69) is 15.9 Å². The minimum atomic E-state index is -0.304. The normalized spacial score (nSPS) is 13.4. The van der Waals surface area contributed by atoms with Crippen LogP contribution in [0.15, 0.2) is 40.9 Å². The van der Waals surface area contributed by atoms with Crippen LogP contribution >= 0.6 is 15.9 Å². The first-order chi connectivity index (χ1) is 13.5. The molecular weight excluding hydrogens is 428 g/mol. The Morgan fingerprint density at radius 2 is 1.32 bits per heavy atom. The summed E-state index contributed by atoms with van der Waals surface area (Å²) in [5, 5.41) is 2.94. The average Bonchev–Trinajstić information content (AvgIpc) is 3.21. The van der Waals surface area contributed by atoms with Crippen molar-refractivity contribution in [3.8, 4) is 17.2 Å². The number of carbonyl (C=O) groups excluding carboxylic acids is 2. The Labute approximate surface area is 171 Å². The summed E-state index contributed by atoms with van der Waals surface area (Å²) in [5.41, 5.74) is 0.873. The van der Waals surface area contributed by atoms with Crippen molar-refractivity contribution in [3.63, 3.8) is 0 Å². The van der Waals surface area contributed by atoms with Crippen molar-refractivity contribution in [1.29, 1.82) is 0 Å². The summed E-state index contributed by atoms with van der Waals surface area (Å²) in [6.07, 6.45) is 0.707. The van der Waals surface area contributed by atoms with E-state index >= 15 is 0 Å². The predicted molar refractivity (Wildman–Crippen MR) is 107 cm³/mol. The molecule has 0 N–H and O–H groups in total. The zero-order valence-corrected chi connectivity index (χ0v) is 17.5. The zero-order valence-electron chi connectivity index (χ0n) is 15.9. The summed E-state index contributed by atoms with van der Waals surface area (Å²) in [4.78, 5) is 26.1. The van der Waals surface area contributed by atoms with Crippen LogP contribution < -0.4 is 14.2 Å². The molecule has 148 valence electrons. The monoisotopic (exact) mass is 448 g/mol. The van der Waals surface area contributed by atoms with Crippen molar-refractivity contribution in [2.24, 2.45) is 0 Å². The lowest BCUT2D eigenvalue weighted by Gasteiger charge is -2.28. The van der Waals surface area contributed by atoms with E-state index in [0.29, 0.717) is 47.9 Å². The number of nitrogens with zero attached hydrogens (tertiary/aromatic N) is 2. The fourth-order valence-electron chi connectivity index (χ4n) is 3.13. The molecule has 28 heavy (non-hydrogen) atoms. The van der Waals surface area contributed by atoms with Gasteiger partial charge in [0.2, 0.25) is 5.75 Å². The Bertz CT molecular complexity index is 860. The summed E-state index contributed by atoms with van der Waals surface area (Å²) >= 11 is 3.36. The van der Waals surface area contributed by atoms with Crippen molar-refractivity contribution in [2.45, 2.75) is 6.42 Å². The summed E-state index contributed by atoms with van der Waals surface area (Å²) in [6.45, 7) is 0.933. The number of rotatable bonds is 5. The first kappa shape index (κ1) is 20.0. The molecule has 1 aliphatic heterocycles. The Balaban J connectivity index is 1.91. The molecule has 2 amide bonds. The van der Waals surface area contributed by atoms with Crippen LogP contribution in [0.2, 0.25) is 0 Å². The molecule has 0 radical (unpaired) electrons.